The smallest absolute Gasteiger partial charge is 0.242 e. The van der Waals surface area contributed by atoms with Crippen LogP contribution in [0.2, 0.25) is 0 Å². The van der Waals surface area contributed by atoms with Gasteiger partial charge in [0.2, 0.25) is 17.7 Å². The van der Waals surface area contributed by atoms with E-state index >= 15 is 0 Å². The number of rotatable bonds is 4. The van der Waals surface area contributed by atoms with Gasteiger partial charge in [0.1, 0.15) is 0 Å². The molecule has 3 amide bonds. The van der Waals surface area contributed by atoms with E-state index in [9.17, 15) is 14.4 Å². The van der Waals surface area contributed by atoms with E-state index in [-0.39, 0.29) is 30.2 Å². The lowest BCUT2D eigenvalue weighted by Gasteiger charge is -2.38. The van der Waals surface area contributed by atoms with E-state index in [1.165, 1.54) is 11.1 Å². The molecular formula is C22H29N3O3. The summed E-state index contributed by atoms with van der Waals surface area (Å²) in [5, 5.41) is 0. The Morgan fingerprint density at radius 3 is 2.36 bits per heavy atom. The number of hydrogen-bond donors (Lipinski definition) is 0. The van der Waals surface area contributed by atoms with Crippen LogP contribution in [0.4, 0.5) is 0 Å². The quantitative estimate of drug-likeness (QED) is 0.798. The van der Waals surface area contributed by atoms with Crippen LogP contribution in [0, 0.1) is 19.8 Å². The Morgan fingerprint density at radius 2 is 1.71 bits per heavy atom. The molecule has 0 bridgehead atoms. The third-order valence-corrected chi connectivity index (χ3v) is 6.07. The van der Waals surface area contributed by atoms with Crippen molar-refractivity contribution in [2.45, 2.75) is 52.1 Å². The summed E-state index contributed by atoms with van der Waals surface area (Å²) < 4.78 is 0. The molecule has 0 aromatic heterocycles. The Hall–Kier alpha value is -2.37. The van der Waals surface area contributed by atoms with Gasteiger partial charge in [0.15, 0.2) is 0 Å². The monoisotopic (exact) mass is 383 g/mol. The van der Waals surface area contributed by atoms with Gasteiger partial charge in [-0.15, -0.1) is 0 Å². The lowest BCUT2D eigenvalue weighted by atomic mass is 9.95. The first kappa shape index (κ1) is 19.0. The zero-order chi connectivity index (χ0) is 19.8. The molecule has 0 radical (unpaired) electrons. The Morgan fingerprint density at radius 1 is 1.00 bits per heavy atom. The number of benzene rings is 1. The van der Waals surface area contributed by atoms with Crippen LogP contribution < -0.4 is 0 Å². The summed E-state index contributed by atoms with van der Waals surface area (Å²) >= 11 is 0. The molecule has 2 aliphatic heterocycles. The first-order valence-electron chi connectivity index (χ1n) is 10.3. The van der Waals surface area contributed by atoms with Crippen LogP contribution in [-0.4, -0.2) is 64.6 Å². The van der Waals surface area contributed by atoms with Crippen molar-refractivity contribution in [3.05, 3.63) is 34.9 Å². The number of piperidine rings is 1. The van der Waals surface area contributed by atoms with Crippen LogP contribution in [0.5, 0.6) is 0 Å². The number of carbonyl (C=O) groups excluding carboxylic acids is 3. The van der Waals surface area contributed by atoms with Gasteiger partial charge < -0.3 is 14.7 Å². The summed E-state index contributed by atoms with van der Waals surface area (Å²) in [4.78, 5) is 43.2. The third kappa shape index (κ3) is 4.05. The molecule has 1 aliphatic carbocycles. The average Bonchev–Trinajstić information content (AvgIpc) is 3.47. The number of likely N-dealkylation sites (tertiary alicyclic amines) is 1. The normalized spacial score (nSPS) is 23.4. The van der Waals surface area contributed by atoms with E-state index in [2.05, 4.69) is 32.0 Å². The van der Waals surface area contributed by atoms with Gasteiger partial charge in [-0.3, -0.25) is 14.4 Å². The first-order chi connectivity index (χ1) is 13.4. The standard InChI is InChI=1S/C22H29N3O3/c1-15-9-16(2)11-17(10-15)12-23-7-8-24(14-21(23)27)22(28)18-3-6-20(26)25(13-18)19-4-5-19/h9-11,18-19H,3-8,12-14H2,1-2H3. The van der Waals surface area contributed by atoms with Crippen LogP contribution in [0.1, 0.15) is 42.4 Å². The van der Waals surface area contributed by atoms with E-state index in [4.69, 9.17) is 0 Å². The highest BCUT2D eigenvalue weighted by Crippen LogP contribution is 2.32. The maximum Gasteiger partial charge on any atom is 0.242 e. The Kier molecular flexibility index (Phi) is 5.13. The number of piperazine rings is 1. The van der Waals surface area contributed by atoms with Crippen LogP contribution >= 0.6 is 0 Å². The molecule has 2 saturated heterocycles. The molecule has 1 aromatic carbocycles. The summed E-state index contributed by atoms with van der Waals surface area (Å²) in [6.07, 6.45) is 3.18. The van der Waals surface area contributed by atoms with Gasteiger partial charge in [0.25, 0.3) is 0 Å². The molecule has 28 heavy (non-hydrogen) atoms. The van der Waals surface area contributed by atoms with Crippen LogP contribution in [0.15, 0.2) is 18.2 Å². The minimum atomic E-state index is -0.155. The second-order valence-electron chi connectivity index (χ2n) is 8.58. The summed E-state index contributed by atoms with van der Waals surface area (Å²) in [6.45, 7) is 6.54. The number of hydrogen-bond acceptors (Lipinski definition) is 3. The Bertz CT molecular complexity index is 782. The highest BCUT2D eigenvalue weighted by atomic mass is 16.2. The summed E-state index contributed by atoms with van der Waals surface area (Å²) in [7, 11) is 0. The molecule has 3 aliphatic rings. The first-order valence-corrected chi connectivity index (χ1v) is 10.3. The molecule has 1 saturated carbocycles. The maximum atomic E-state index is 13.0. The predicted molar refractivity (Wildman–Crippen MR) is 105 cm³/mol. The largest absolute Gasteiger partial charge is 0.339 e. The Labute approximate surface area is 166 Å². The highest BCUT2D eigenvalue weighted by molar-refractivity contribution is 5.88. The number of aryl methyl sites for hydroxylation is 2. The highest BCUT2D eigenvalue weighted by Gasteiger charge is 2.40. The molecule has 0 N–H and O–H groups in total. The van der Waals surface area contributed by atoms with Crippen LogP contribution in [-0.2, 0) is 20.9 Å². The van der Waals surface area contributed by atoms with E-state index in [1.54, 1.807) is 4.90 Å². The van der Waals surface area contributed by atoms with Gasteiger partial charge in [-0.2, -0.15) is 0 Å². The van der Waals surface area contributed by atoms with E-state index in [0.29, 0.717) is 45.1 Å². The number of carbonyl (C=O) groups is 3. The van der Waals surface area contributed by atoms with E-state index in [1.807, 2.05) is 9.80 Å². The molecule has 1 atom stereocenters. The van der Waals surface area contributed by atoms with Crippen molar-refractivity contribution in [1.29, 1.82) is 0 Å². The molecular weight excluding hydrogens is 354 g/mol. The van der Waals surface area contributed by atoms with Gasteiger partial charge in [-0.25, -0.2) is 0 Å². The summed E-state index contributed by atoms with van der Waals surface area (Å²) in [5.41, 5.74) is 3.53. The van der Waals surface area contributed by atoms with Crippen molar-refractivity contribution < 1.29 is 14.4 Å². The summed E-state index contributed by atoms with van der Waals surface area (Å²) in [5.74, 6) is 0.0696. The van der Waals surface area contributed by atoms with Gasteiger partial charge in [-0.05, 0) is 38.7 Å². The zero-order valence-corrected chi connectivity index (χ0v) is 16.8. The van der Waals surface area contributed by atoms with Crippen molar-refractivity contribution in [3.8, 4) is 0 Å². The van der Waals surface area contributed by atoms with Crippen LogP contribution in [0.3, 0.4) is 0 Å². The number of nitrogens with zero attached hydrogens (tertiary/aromatic N) is 3. The minimum absolute atomic E-state index is 0.00435. The molecule has 3 fully saturated rings. The maximum absolute atomic E-state index is 13.0. The molecule has 6 nitrogen and oxygen atoms in total. The average molecular weight is 383 g/mol. The second-order valence-corrected chi connectivity index (χ2v) is 8.58. The molecule has 2 heterocycles. The molecule has 4 rings (SSSR count). The van der Waals surface area contributed by atoms with Crippen molar-refractivity contribution in [1.82, 2.24) is 14.7 Å². The fourth-order valence-corrected chi connectivity index (χ4v) is 4.51. The van der Waals surface area contributed by atoms with Crippen LogP contribution in [0.25, 0.3) is 0 Å². The third-order valence-electron chi connectivity index (χ3n) is 6.07. The van der Waals surface area contributed by atoms with Gasteiger partial charge in [-0.1, -0.05) is 29.3 Å². The summed E-state index contributed by atoms with van der Waals surface area (Å²) in [6, 6.07) is 6.70. The minimum Gasteiger partial charge on any atom is -0.339 e. The molecule has 1 unspecified atom stereocenters. The molecule has 1 aromatic rings. The van der Waals surface area contributed by atoms with Crippen molar-refractivity contribution in [2.75, 3.05) is 26.2 Å². The van der Waals surface area contributed by atoms with Crippen molar-refractivity contribution in [2.24, 2.45) is 5.92 Å². The van der Waals surface area contributed by atoms with Gasteiger partial charge in [0.05, 0.1) is 12.5 Å². The fourth-order valence-electron chi connectivity index (χ4n) is 4.51. The lowest BCUT2D eigenvalue weighted by Crippen LogP contribution is -2.55. The van der Waals surface area contributed by atoms with Crippen molar-refractivity contribution in [3.63, 3.8) is 0 Å². The topological polar surface area (TPSA) is 60.9 Å². The van der Waals surface area contributed by atoms with Crippen molar-refractivity contribution >= 4 is 17.7 Å². The Balaban J connectivity index is 1.35. The second kappa shape index (κ2) is 7.57. The SMILES string of the molecule is Cc1cc(C)cc(CN2CCN(C(=O)C3CCC(=O)N(C4CC4)C3)CC2=O)c1. The molecule has 6 heteroatoms. The molecule has 150 valence electrons. The zero-order valence-electron chi connectivity index (χ0n) is 16.8. The van der Waals surface area contributed by atoms with E-state index in [0.717, 1.165) is 18.4 Å². The molecule has 0 spiro atoms. The fraction of sp³-hybridized carbons (Fsp3) is 0.591. The lowest BCUT2D eigenvalue weighted by molar-refractivity contribution is -0.151. The van der Waals surface area contributed by atoms with Gasteiger partial charge in [0, 0.05) is 38.6 Å². The van der Waals surface area contributed by atoms with E-state index < -0.39 is 0 Å². The number of amides is 3. The predicted octanol–water partition coefficient (Wildman–Crippen LogP) is 1.88. The van der Waals surface area contributed by atoms with Gasteiger partial charge >= 0.3 is 0 Å².